The number of alkyl halides is 1. The van der Waals surface area contributed by atoms with E-state index in [2.05, 4.69) is 31.2 Å². The molecule has 0 amide bonds. The highest BCUT2D eigenvalue weighted by Gasteiger charge is 2.22. The molecule has 1 saturated carbocycles. The van der Waals surface area contributed by atoms with E-state index in [1.807, 2.05) is 0 Å². The first-order valence-corrected chi connectivity index (χ1v) is 10.4. The van der Waals surface area contributed by atoms with Gasteiger partial charge in [-0.2, -0.15) is 0 Å². The second kappa shape index (κ2) is 10.9. The van der Waals surface area contributed by atoms with Crippen LogP contribution in [0.2, 0.25) is 0 Å². The van der Waals surface area contributed by atoms with Gasteiger partial charge in [-0.25, -0.2) is 4.39 Å². The number of rotatable bonds is 10. The van der Waals surface area contributed by atoms with E-state index in [0.29, 0.717) is 6.42 Å². The van der Waals surface area contributed by atoms with Crippen molar-refractivity contribution in [1.29, 1.82) is 0 Å². The summed E-state index contributed by atoms with van der Waals surface area (Å²) in [6.07, 6.45) is 15.3. The maximum absolute atomic E-state index is 13.1. The lowest BCUT2D eigenvalue weighted by molar-refractivity contribution is 0.301. The fraction of sp³-hybridized carbons (Fsp3) is 0.739. The summed E-state index contributed by atoms with van der Waals surface area (Å²) in [5, 5.41) is 0. The first-order valence-electron chi connectivity index (χ1n) is 10.4. The molecule has 2 rings (SSSR count). The molecule has 0 spiro atoms. The molecule has 1 aromatic carbocycles. The summed E-state index contributed by atoms with van der Waals surface area (Å²) in [6, 6.07) is 8.76. The van der Waals surface area contributed by atoms with Crippen molar-refractivity contribution in [2.24, 2.45) is 5.92 Å². The van der Waals surface area contributed by atoms with Crippen LogP contribution in [0, 0.1) is 5.92 Å². The zero-order chi connectivity index (χ0) is 17.2. The van der Waals surface area contributed by atoms with Crippen molar-refractivity contribution in [3.05, 3.63) is 35.4 Å². The standard InChI is InChI=1S/C23H37F/c1-3-4-5-6-7-8-9-20-10-14-22(15-11-20)23-16-12-21(13-17-23)18-19(2)24/h12-13,16-17,19-20,22H,3-11,14-15,18H2,1-2H3. The van der Waals surface area contributed by atoms with Gasteiger partial charge in [0.15, 0.2) is 0 Å². The van der Waals surface area contributed by atoms with E-state index in [1.165, 1.54) is 76.2 Å². The van der Waals surface area contributed by atoms with Crippen LogP contribution < -0.4 is 0 Å². The molecule has 136 valence electrons. The average molecular weight is 333 g/mol. The van der Waals surface area contributed by atoms with Crippen LogP contribution in [0.3, 0.4) is 0 Å². The summed E-state index contributed by atoms with van der Waals surface area (Å²) >= 11 is 0. The molecule has 1 aliphatic rings. The number of hydrogen-bond donors (Lipinski definition) is 0. The third-order valence-electron chi connectivity index (χ3n) is 5.78. The normalized spacial score (nSPS) is 22.5. The van der Waals surface area contributed by atoms with E-state index in [-0.39, 0.29) is 0 Å². The number of hydrogen-bond acceptors (Lipinski definition) is 0. The lowest BCUT2D eigenvalue weighted by atomic mass is 9.77. The zero-order valence-electron chi connectivity index (χ0n) is 15.9. The molecule has 0 aromatic heterocycles. The van der Waals surface area contributed by atoms with Crippen molar-refractivity contribution in [3.8, 4) is 0 Å². The van der Waals surface area contributed by atoms with Gasteiger partial charge in [0, 0.05) is 6.42 Å². The van der Waals surface area contributed by atoms with E-state index < -0.39 is 6.17 Å². The summed E-state index contributed by atoms with van der Waals surface area (Å²) < 4.78 is 13.1. The molecule has 1 aliphatic carbocycles. The largest absolute Gasteiger partial charge is 0.247 e. The van der Waals surface area contributed by atoms with Crippen LogP contribution in [0.25, 0.3) is 0 Å². The molecular weight excluding hydrogens is 295 g/mol. The summed E-state index contributed by atoms with van der Waals surface area (Å²) in [5.41, 5.74) is 2.61. The Morgan fingerprint density at radius 3 is 2.17 bits per heavy atom. The SMILES string of the molecule is CCCCCCCCC1CCC(c2ccc(CC(C)F)cc2)CC1. The number of halogens is 1. The highest BCUT2D eigenvalue weighted by Crippen LogP contribution is 2.37. The smallest absolute Gasteiger partial charge is 0.101 e. The predicted molar refractivity (Wildman–Crippen MR) is 103 cm³/mol. The lowest BCUT2D eigenvalue weighted by Gasteiger charge is -2.29. The Balaban J connectivity index is 1.65. The van der Waals surface area contributed by atoms with E-state index in [4.69, 9.17) is 0 Å². The van der Waals surface area contributed by atoms with Crippen molar-refractivity contribution >= 4 is 0 Å². The molecule has 0 bridgehead atoms. The minimum absolute atomic E-state index is 0.547. The monoisotopic (exact) mass is 332 g/mol. The Hall–Kier alpha value is -0.850. The fourth-order valence-electron chi connectivity index (χ4n) is 4.25. The summed E-state index contributed by atoms with van der Waals surface area (Å²) in [7, 11) is 0. The topological polar surface area (TPSA) is 0 Å². The predicted octanol–water partition coefficient (Wildman–Crippen LogP) is 7.61. The second-order valence-corrected chi connectivity index (χ2v) is 8.00. The van der Waals surface area contributed by atoms with Gasteiger partial charge in [-0.15, -0.1) is 0 Å². The van der Waals surface area contributed by atoms with Crippen molar-refractivity contribution in [2.45, 2.75) is 103 Å². The van der Waals surface area contributed by atoms with Gasteiger partial charge in [0.2, 0.25) is 0 Å². The Morgan fingerprint density at radius 2 is 1.54 bits per heavy atom. The van der Waals surface area contributed by atoms with Crippen LogP contribution in [0.4, 0.5) is 4.39 Å². The zero-order valence-corrected chi connectivity index (χ0v) is 15.9. The minimum Gasteiger partial charge on any atom is -0.247 e. The highest BCUT2D eigenvalue weighted by atomic mass is 19.1. The van der Waals surface area contributed by atoms with Crippen LogP contribution in [-0.2, 0) is 6.42 Å². The highest BCUT2D eigenvalue weighted by molar-refractivity contribution is 5.26. The van der Waals surface area contributed by atoms with Gasteiger partial charge in [-0.1, -0.05) is 76.1 Å². The van der Waals surface area contributed by atoms with Crippen LogP contribution in [0.5, 0.6) is 0 Å². The molecule has 1 heteroatoms. The molecule has 24 heavy (non-hydrogen) atoms. The Labute approximate surface area is 149 Å². The summed E-state index contributed by atoms with van der Waals surface area (Å²) in [6.45, 7) is 3.92. The molecule has 1 unspecified atom stereocenters. The summed E-state index contributed by atoms with van der Waals surface area (Å²) in [5.74, 6) is 1.71. The van der Waals surface area contributed by atoms with E-state index in [1.54, 1.807) is 6.92 Å². The quantitative estimate of drug-likeness (QED) is 0.387. The Morgan fingerprint density at radius 1 is 0.917 bits per heavy atom. The van der Waals surface area contributed by atoms with E-state index >= 15 is 0 Å². The number of benzene rings is 1. The van der Waals surface area contributed by atoms with Crippen molar-refractivity contribution in [2.75, 3.05) is 0 Å². The molecule has 1 fully saturated rings. The third-order valence-corrected chi connectivity index (χ3v) is 5.78. The van der Waals surface area contributed by atoms with Crippen LogP contribution in [0.1, 0.15) is 102 Å². The first kappa shape index (κ1) is 19.5. The van der Waals surface area contributed by atoms with Crippen molar-refractivity contribution < 1.29 is 4.39 Å². The average Bonchev–Trinajstić information content (AvgIpc) is 2.59. The summed E-state index contributed by atoms with van der Waals surface area (Å²) in [4.78, 5) is 0. The Bertz CT molecular complexity index is 426. The molecule has 0 nitrogen and oxygen atoms in total. The van der Waals surface area contributed by atoms with Gasteiger partial charge >= 0.3 is 0 Å². The van der Waals surface area contributed by atoms with Gasteiger partial charge in [0.1, 0.15) is 6.17 Å². The van der Waals surface area contributed by atoms with Crippen LogP contribution in [0.15, 0.2) is 24.3 Å². The van der Waals surface area contributed by atoms with Crippen LogP contribution >= 0.6 is 0 Å². The lowest BCUT2D eigenvalue weighted by Crippen LogP contribution is -2.13. The van der Waals surface area contributed by atoms with Gasteiger partial charge < -0.3 is 0 Å². The van der Waals surface area contributed by atoms with Crippen molar-refractivity contribution in [1.82, 2.24) is 0 Å². The van der Waals surface area contributed by atoms with Gasteiger partial charge in [0.25, 0.3) is 0 Å². The molecule has 1 aromatic rings. The first-order chi connectivity index (χ1) is 11.7. The molecule has 0 radical (unpaired) electrons. The molecule has 0 N–H and O–H groups in total. The minimum atomic E-state index is -0.742. The van der Waals surface area contributed by atoms with Crippen molar-refractivity contribution in [3.63, 3.8) is 0 Å². The molecule has 1 atom stereocenters. The fourth-order valence-corrected chi connectivity index (χ4v) is 4.25. The van der Waals surface area contributed by atoms with E-state index in [0.717, 1.165) is 17.4 Å². The van der Waals surface area contributed by atoms with E-state index in [9.17, 15) is 4.39 Å². The maximum atomic E-state index is 13.1. The maximum Gasteiger partial charge on any atom is 0.101 e. The molecule has 0 heterocycles. The number of unbranched alkanes of at least 4 members (excludes halogenated alkanes) is 5. The van der Waals surface area contributed by atoms with Gasteiger partial charge in [0.05, 0.1) is 0 Å². The molecule has 0 aliphatic heterocycles. The third kappa shape index (κ3) is 6.95. The molecular formula is C23H37F. The second-order valence-electron chi connectivity index (χ2n) is 8.00. The van der Waals surface area contributed by atoms with Crippen LogP contribution in [-0.4, -0.2) is 6.17 Å². The Kier molecular flexibility index (Phi) is 8.84. The molecule has 0 saturated heterocycles. The van der Waals surface area contributed by atoms with Gasteiger partial charge in [-0.05, 0) is 55.6 Å². The van der Waals surface area contributed by atoms with Gasteiger partial charge in [-0.3, -0.25) is 0 Å².